The van der Waals surface area contributed by atoms with E-state index in [1.54, 1.807) is 18.3 Å². The van der Waals surface area contributed by atoms with Crippen LogP contribution in [0.4, 0.5) is 0 Å². The van der Waals surface area contributed by atoms with Crippen LogP contribution in [-0.4, -0.2) is 10.1 Å². The smallest absolute Gasteiger partial charge is 0.218 e. The monoisotopic (exact) mass is 193 g/mol. The van der Waals surface area contributed by atoms with Crippen molar-refractivity contribution in [3.63, 3.8) is 0 Å². The average molecular weight is 193 g/mol. The number of nitrogens with zero attached hydrogens (tertiary/aromatic N) is 1. The maximum absolute atomic E-state index is 11.1. The fourth-order valence-electron chi connectivity index (χ4n) is 1.61. The summed E-state index contributed by atoms with van der Waals surface area (Å²) in [6.45, 7) is 0. The maximum Gasteiger partial charge on any atom is 0.218 e. The van der Waals surface area contributed by atoms with Crippen LogP contribution < -0.4 is 0 Å². The van der Waals surface area contributed by atoms with E-state index >= 15 is 0 Å². The highest BCUT2D eigenvalue weighted by Crippen LogP contribution is 2.36. The van der Waals surface area contributed by atoms with E-state index in [1.807, 2.05) is 0 Å². The van der Waals surface area contributed by atoms with Crippen molar-refractivity contribution in [1.29, 1.82) is 0 Å². The Morgan fingerprint density at radius 1 is 1.54 bits per heavy atom. The van der Waals surface area contributed by atoms with E-state index in [2.05, 4.69) is 17.6 Å². The van der Waals surface area contributed by atoms with Crippen LogP contribution in [0.3, 0.4) is 0 Å². The summed E-state index contributed by atoms with van der Waals surface area (Å²) in [5.41, 5.74) is 1.62. The highest BCUT2D eigenvalue weighted by molar-refractivity contribution is 7.97. The lowest BCUT2D eigenvalue weighted by molar-refractivity contribution is 0.108. The summed E-state index contributed by atoms with van der Waals surface area (Å²) in [7, 11) is 0. The molecule has 0 aliphatic heterocycles. The second kappa shape index (κ2) is 3.50. The van der Waals surface area contributed by atoms with Crippen LogP contribution in [0.5, 0.6) is 0 Å². The number of hydrogen-bond donors (Lipinski definition) is 1. The summed E-state index contributed by atoms with van der Waals surface area (Å²) >= 11 is 3.84. The summed E-state index contributed by atoms with van der Waals surface area (Å²) in [6.07, 6.45) is 5.31. The number of carbonyl (C=O) groups is 1. The summed E-state index contributed by atoms with van der Waals surface area (Å²) in [4.78, 5) is 15.4. The van der Waals surface area contributed by atoms with Crippen LogP contribution in [0.25, 0.3) is 0 Å². The lowest BCUT2D eigenvalue weighted by Crippen LogP contribution is -2.14. The van der Waals surface area contributed by atoms with Gasteiger partial charge in [0.1, 0.15) is 0 Å². The third kappa shape index (κ3) is 1.61. The van der Waals surface area contributed by atoms with Gasteiger partial charge in [-0.25, -0.2) is 0 Å². The fourth-order valence-corrected chi connectivity index (χ4v) is 1.79. The van der Waals surface area contributed by atoms with Crippen molar-refractivity contribution in [2.75, 3.05) is 0 Å². The van der Waals surface area contributed by atoms with Crippen LogP contribution in [0, 0.1) is 0 Å². The molecule has 13 heavy (non-hydrogen) atoms. The van der Waals surface area contributed by atoms with Gasteiger partial charge in [-0.3, -0.25) is 9.78 Å². The van der Waals surface area contributed by atoms with Crippen molar-refractivity contribution < 1.29 is 4.79 Å². The molecular weight excluding hydrogens is 182 g/mol. The van der Waals surface area contributed by atoms with Gasteiger partial charge in [-0.05, 0) is 25.0 Å². The normalized spacial score (nSPS) is 16.7. The van der Waals surface area contributed by atoms with Crippen LogP contribution in [0.1, 0.15) is 41.2 Å². The van der Waals surface area contributed by atoms with Gasteiger partial charge in [0, 0.05) is 12.1 Å². The van der Waals surface area contributed by atoms with Gasteiger partial charge in [0.05, 0.1) is 11.3 Å². The average Bonchev–Trinajstić information content (AvgIpc) is 2.02. The number of hydrogen-bond acceptors (Lipinski definition) is 2. The molecule has 1 aliphatic rings. The summed E-state index contributed by atoms with van der Waals surface area (Å²) in [5.74, 6) is 0.493. The predicted octanol–water partition coefficient (Wildman–Crippen LogP) is 2.42. The van der Waals surface area contributed by atoms with Crippen LogP contribution in [0.15, 0.2) is 18.3 Å². The quantitative estimate of drug-likeness (QED) is 0.731. The molecule has 68 valence electrons. The topological polar surface area (TPSA) is 30.0 Å². The number of thiol groups is 1. The second-order valence-electron chi connectivity index (χ2n) is 3.37. The Bertz CT molecular complexity index is 333. The number of pyridine rings is 1. The van der Waals surface area contributed by atoms with Gasteiger partial charge < -0.3 is 0 Å². The molecule has 0 radical (unpaired) electrons. The molecule has 0 atom stereocenters. The number of rotatable bonds is 2. The Kier molecular flexibility index (Phi) is 2.36. The minimum absolute atomic E-state index is 0.171. The minimum Gasteiger partial charge on any atom is -0.282 e. The molecule has 1 fully saturated rings. The first-order valence-electron chi connectivity index (χ1n) is 4.47. The zero-order chi connectivity index (χ0) is 9.26. The van der Waals surface area contributed by atoms with E-state index in [0.29, 0.717) is 11.5 Å². The van der Waals surface area contributed by atoms with Gasteiger partial charge in [-0.1, -0.05) is 6.42 Å². The Labute approximate surface area is 82.8 Å². The number of aromatic nitrogens is 1. The molecule has 1 aliphatic carbocycles. The Balaban J connectivity index is 2.36. The Morgan fingerprint density at radius 3 is 2.85 bits per heavy atom. The third-order valence-electron chi connectivity index (χ3n) is 2.56. The molecule has 0 saturated heterocycles. The van der Waals surface area contributed by atoms with Crippen molar-refractivity contribution in [1.82, 2.24) is 4.98 Å². The second-order valence-corrected chi connectivity index (χ2v) is 3.78. The number of carbonyl (C=O) groups excluding carboxylic acids is 1. The van der Waals surface area contributed by atoms with Crippen molar-refractivity contribution in [2.45, 2.75) is 25.2 Å². The highest BCUT2D eigenvalue weighted by Gasteiger charge is 2.24. The van der Waals surface area contributed by atoms with E-state index in [9.17, 15) is 4.79 Å². The van der Waals surface area contributed by atoms with E-state index in [0.717, 1.165) is 18.5 Å². The van der Waals surface area contributed by atoms with Crippen molar-refractivity contribution in [2.24, 2.45) is 0 Å². The highest BCUT2D eigenvalue weighted by atomic mass is 32.1. The van der Waals surface area contributed by atoms with Gasteiger partial charge in [0.2, 0.25) is 5.12 Å². The molecule has 2 rings (SSSR count). The zero-order valence-electron chi connectivity index (χ0n) is 7.23. The minimum atomic E-state index is -0.171. The maximum atomic E-state index is 11.1. The molecule has 0 N–H and O–H groups in total. The predicted molar refractivity (Wildman–Crippen MR) is 54.1 cm³/mol. The van der Waals surface area contributed by atoms with Crippen molar-refractivity contribution in [3.8, 4) is 0 Å². The van der Waals surface area contributed by atoms with Crippen LogP contribution in [0.2, 0.25) is 0 Å². The molecule has 0 unspecified atom stereocenters. The van der Waals surface area contributed by atoms with Gasteiger partial charge in [-0.2, -0.15) is 0 Å². The lowest BCUT2D eigenvalue weighted by Gasteiger charge is -2.25. The Hall–Kier alpha value is -0.830. The molecule has 1 heterocycles. The summed E-state index contributed by atoms with van der Waals surface area (Å²) < 4.78 is 0. The van der Waals surface area contributed by atoms with Gasteiger partial charge in [-0.15, -0.1) is 12.6 Å². The van der Waals surface area contributed by atoms with Crippen LogP contribution in [-0.2, 0) is 0 Å². The molecule has 2 nitrogen and oxygen atoms in total. The zero-order valence-corrected chi connectivity index (χ0v) is 8.13. The fraction of sp³-hybridized carbons (Fsp3) is 0.400. The Morgan fingerprint density at radius 2 is 2.31 bits per heavy atom. The van der Waals surface area contributed by atoms with E-state index in [-0.39, 0.29) is 5.12 Å². The molecule has 1 aromatic rings. The molecule has 0 amide bonds. The van der Waals surface area contributed by atoms with Gasteiger partial charge in [0.15, 0.2) is 0 Å². The molecular formula is C10H11NOS. The van der Waals surface area contributed by atoms with Crippen LogP contribution >= 0.6 is 12.6 Å². The van der Waals surface area contributed by atoms with Crippen molar-refractivity contribution >= 4 is 17.7 Å². The van der Waals surface area contributed by atoms with E-state index < -0.39 is 0 Å². The summed E-state index contributed by atoms with van der Waals surface area (Å²) in [5, 5.41) is -0.171. The molecule has 1 saturated carbocycles. The first-order valence-corrected chi connectivity index (χ1v) is 4.92. The molecule has 0 bridgehead atoms. The van der Waals surface area contributed by atoms with Gasteiger partial charge in [0.25, 0.3) is 0 Å². The van der Waals surface area contributed by atoms with E-state index in [4.69, 9.17) is 0 Å². The first-order chi connectivity index (χ1) is 6.29. The first kappa shape index (κ1) is 8.75. The largest absolute Gasteiger partial charge is 0.282 e. The van der Waals surface area contributed by atoms with Gasteiger partial charge >= 0.3 is 0 Å². The third-order valence-corrected chi connectivity index (χ3v) is 2.80. The lowest BCUT2D eigenvalue weighted by atomic mass is 9.81. The van der Waals surface area contributed by atoms with E-state index in [1.165, 1.54) is 6.42 Å². The standard InChI is InChI=1S/C10H11NOS/c12-10(13)8-5-2-6-11-9(8)7-3-1-4-7/h2,5-7H,1,3-4H2,(H,12,13). The molecule has 0 aromatic carbocycles. The molecule has 0 spiro atoms. The molecule has 3 heteroatoms. The molecule has 1 aromatic heterocycles. The summed E-state index contributed by atoms with van der Waals surface area (Å²) in [6, 6.07) is 3.58. The van der Waals surface area contributed by atoms with Crippen molar-refractivity contribution in [3.05, 3.63) is 29.6 Å². The SMILES string of the molecule is O=C(S)c1cccnc1C1CCC1.